The van der Waals surface area contributed by atoms with Crippen LogP contribution in [0.15, 0.2) is 42.7 Å². The van der Waals surface area contributed by atoms with Gasteiger partial charge in [-0.2, -0.15) is 0 Å². The zero-order valence-electron chi connectivity index (χ0n) is 10.8. The van der Waals surface area contributed by atoms with E-state index in [0.29, 0.717) is 24.3 Å². The Kier molecular flexibility index (Phi) is 4.13. The van der Waals surface area contributed by atoms with Crippen LogP contribution in [0.25, 0.3) is 0 Å². The molecule has 2 rings (SSSR count). The predicted octanol–water partition coefficient (Wildman–Crippen LogP) is 2.37. The number of benzene rings is 1. The Morgan fingerprint density at radius 1 is 1.26 bits per heavy atom. The molecule has 2 N–H and O–H groups in total. The minimum Gasteiger partial charge on any atom is -0.462 e. The number of hydrogen-bond acceptors (Lipinski definition) is 4. The smallest absolute Gasteiger partial charge is 0.338 e. The summed E-state index contributed by atoms with van der Waals surface area (Å²) in [6, 6.07) is 9.01. The van der Waals surface area contributed by atoms with Crippen LogP contribution in [0.1, 0.15) is 21.5 Å². The summed E-state index contributed by atoms with van der Waals surface area (Å²) in [5.41, 5.74) is 8.80. The molecule has 0 fully saturated rings. The Morgan fingerprint density at radius 2 is 2.00 bits per heavy atom. The summed E-state index contributed by atoms with van der Waals surface area (Å²) in [6.45, 7) is 2.24. The third kappa shape index (κ3) is 3.81. The van der Waals surface area contributed by atoms with E-state index in [9.17, 15) is 4.79 Å². The molecule has 0 bridgehead atoms. The van der Waals surface area contributed by atoms with E-state index in [1.54, 1.807) is 24.5 Å². The van der Waals surface area contributed by atoms with Gasteiger partial charge in [-0.1, -0.05) is 0 Å². The van der Waals surface area contributed by atoms with E-state index < -0.39 is 0 Å². The first kappa shape index (κ1) is 13.1. The quantitative estimate of drug-likeness (QED) is 0.673. The molecule has 1 aromatic carbocycles. The molecule has 0 radical (unpaired) electrons. The molecule has 0 unspecified atom stereocenters. The molecule has 4 heteroatoms. The van der Waals surface area contributed by atoms with E-state index in [1.807, 2.05) is 25.1 Å². The minimum atomic E-state index is -0.343. The van der Waals surface area contributed by atoms with E-state index in [1.165, 1.54) is 0 Å². The minimum absolute atomic E-state index is 0.343. The van der Waals surface area contributed by atoms with Gasteiger partial charge in [-0.15, -0.1) is 0 Å². The first-order valence-electron chi connectivity index (χ1n) is 6.08. The summed E-state index contributed by atoms with van der Waals surface area (Å²) in [5, 5.41) is 0. The SMILES string of the molecule is Cc1cc(N)cc(C(=O)OCCc2ccncc2)c1. The molecule has 19 heavy (non-hydrogen) atoms. The van der Waals surface area contributed by atoms with Crippen LogP contribution < -0.4 is 5.73 Å². The van der Waals surface area contributed by atoms with Gasteiger partial charge in [0.1, 0.15) is 0 Å². The normalized spacial score (nSPS) is 10.2. The highest BCUT2D eigenvalue weighted by Gasteiger charge is 2.08. The number of carbonyl (C=O) groups excluding carboxylic acids is 1. The Hall–Kier alpha value is -2.36. The van der Waals surface area contributed by atoms with E-state index in [4.69, 9.17) is 10.5 Å². The van der Waals surface area contributed by atoms with Crippen LogP contribution in [0, 0.1) is 6.92 Å². The maximum atomic E-state index is 11.8. The molecule has 2 aromatic rings. The van der Waals surface area contributed by atoms with Gasteiger partial charge < -0.3 is 10.5 Å². The van der Waals surface area contributed by atoms with Gasteiger partial charge in [0.05, 0.1) is 12.2 Å². The Labute approximate surface area is 112 Å². The van der Waals surface area contributed by atoms with Gasteiger partial charge in [0.15, 0.2) is 0 Å². The first-order chi connectivity index (χ1) is 9.15. The highest BCUT2D eigenvalue weighted by atomic mass is 16.5. The van der Waals surface area contributed by atoms with Crippen LogP contribution in [0.2, 0.25) is 0 Å². The predicted molar refractivity (Wildman–Crippen MR) is 73.8 cm³/mol. The van der Waals surface area contributed by atoms with Gasteiger partial charge in [-0.05, 0) is 48.4 Å². The molecule has 0 spiro atoms. The fourth-order valence-corrected chi connectivity index (χ4v) is 1.82. The number of nitrogens with zero attached hydrogens (tertiary/aromatic N) is 1. The molecule has 1 heterocycles. The molecule has 0 saturated carbocycles. The van der Waals surface area contributed by atoms with Crippen molar-refractivity contribution in [2.75, 3.05) is 12.3 Å². The Bertz CT molecular complexity index is 547. The molecular weight excluding hydrogens is 240 g/mol. The first-order valence-corrected chi connectivity index (χ1v) is 6.08. The number of anilines is 1. The second-order valence-electron chi connectivity index (χ2n) is 4.37. The summed E-state index contributed by atoms with van der Waals surface area (Å²) in [5.74, 6) is -0.343. The Balaban J connectivity index is 1.91. The molecule has 4 nitrogen and oxygen atoms in total. The van der Waals surface area contributed by atoms with Gasteiger partial charge in [0.25, 0.3) is 0 Å². The van der Waals surface area contributed by atoms with Gasteiger partial charge in [0, 0.05) is 24.5 Å². The van der Waals surface area contributed by atoms with Crippen LogP contribution in [-0.2, 0) is 11.2 Å². The summed E-state index contributed by atoms with van der Waals surface area (Å²) >= 11 is 0. The Morgan fingerprint density at radius 3 is 2.68 bits per heavy atom. The number of hydrogen-bond donors (Lipinski definition) is 1. The fourth-order valence-electron chi connectivity index (χ4n) is 1.82. The molecule has 0 aliphatic rings. The lowest BCUT2D eigenvalue weighted by atomic mass is 10.1. The number of aryl methyl sites for hydroxylation is 1. The summed E-state index contributed by atoms with van der Waals surface area (Å²) in [7, 11) is 0. The van der Waals surface area contributed by atoms with Gasteiger partial charge in [-0.3, -0.25) is 4.98 Å². The standard InChI is InChI=1S/C15H16N2O2/c1-11-8-13(10-14(16)9-11)15(18)19-7-4-12-2-5-17-6-3-12/h2-3,5-6,8-10H,4,7,16H2,1H3. The van der Waals surface area contributed by atoms with Crippen LogP contribution in [-0.4, -0.2) is 17.6 Å². The van der Waals surface area contributed by atoms with Crippen molar-refractivity contribution in [1.29, 1.82) is 0 Å². The number of nitrogens with two attached hydrogens (primary N) is 1. The monoisotopic (exact) mass is 256 g/mol. The zero-order chi connectivity index (χ0) is 13.7. The van der Waals surface area contributed by atoms with Crippen LogP contribution in [0.4, 0.5) is 5.69 Å². The van der Waals surface area contributed by atoms with Crippen molar-refractivity contribution in [2.45, 2.75) is 13.3 Å². The van der Waals surface area contributed by atoms with Crippen molar-refractivity contribution in [3.8, 4) is 0 Å². The molecule has 0 saturated heterocycles. The van der Waals surface area contributed by atoms with E-state index in [0.717, 1.165) is 11.1 Å². The van der Waals surface area contributed by atoms with Crippen molar-refractivity contribution in [1.82, 2.24) is 4.98 Å². The largest absolute Gasteiger partial charge is 0.462 e. The van der Waals surface area contributed by atoms with Crippen molar-refractivity contribution in [3.63, 3.8) is 0 Å². The second kappa shape index (κ2) is 6.00. The number of carbonyl (C=O) groups is 1. The third-order valence-corrected chi connectivity index (χ3v) is 2.71. The molecule has 0 amide bonds. The van der Waals surface area contributed by atoms with E-state index in [2.05, 4.69) is 4.98 Å². The number of ether oxygens (including phenoxy) is 1. The lowest BCUT2D eigenvalue weighted by Gasteiger charge is -2.06. The molecule has 1 aromatic heterocycles. The third-order valence-electron chi connectivity index (χ3n) is 2.71. The highest BCUT2D eigenvalue weighted by molar-refractivity contribution is 5.90. The van der Waals surface area contributed by atoms with Crippen molar-refractivity contribution >= 4 is 11.7 Å². The zero-order valence-corrected chi connectivity index (χ0v) is 10.8. The topological polar surface area (TPSA) is 65.2 Å². The summed E-state index contributed by atoms with van der Waals surface area (Å²) in [6.07, 6.45) is 4.12. The number of esters is 1. The van der Waals surface area contributed by atoms with Gasteiger partial charge in [-0.25, -0.2) is 4.79 Å². The maximum Gasteiger partial charge on any atom is 0.338 e. The number of aromatic nitrogens is 1. The van der Waals surface area contributed by atoms with Crippen molar-refractivity contribution < 1.29 is 9.53 Å². The average molecular weight is 256 g/mol. The van der Waals surface area contributed by atoms with Crippen LogP contribution in [0.5, 0.6) is 0 Å². The van der Waals surface area contributed by atoms with E-state index in [-0.39, 0.29) is 5.97 Å². The van der Waals surface area contributed by atoms with Crippen molar-refractivity contribution in [2.24, 2.45) is 0 Å². The summed E-state index contributed by atoms with van der Waals surface area (Å²) < 4.78 is 5.23. The molecular formula is C15H16N2O2. The number of nitrogen functional groups attached to an aromatic ring is 1. The van der Waals surface area contributed by atoms with Crippen LogP contribution in [0.3, 0.4) is 0 Å². The average Bonchev–Trinajstić information content (AvgIpc) is 2.38. The van der Waals surface area contributed by atoms with Gasteiger partial charge >= 0.3 is 5.97 Å². The van der Waals surface area contributed by atoms with E-state index >= 15 is 0 Å². The van der Waals surface area contributed by atoms with Crippen molar-refractivity contribution in [3.05, 3.63) is 59.4 Å². The second-order valence-corrected chi connectivity index (χ2v) is 4.37. The number of pyridine rings is 1. The van der Waals surface area contributed by atoms with Crippen LogP contribution >= 0.6 is 0 Å². The fraction of sp³-hybridized carbons (Fsp3) is 0.200. The lowest BCUT2D eigenvalue weighted by Crippen LogP contribution is -2.09. The highest BCUT2D eigenvalue weighted by Crippen LogP contribution is 2.12. The molecule has 98 valence electrons. The summed E-state index contributed by atoms with van der Waals surface area (Å²) in [4.78, 5) is 15.8. The van der Waals surface area contributed by atoms with Gasteiger partial charge in [0.2, 0.25) is 0 Å². The molecule has 0 aliphatic heterocycles. The lowest BCUT2D eigenvalue weighted by molar-refractivity contribution is 0.0509. The maximum absolute atomic E-state index is 11.8. The number of rotatable bonds is 4. The molecule has 0 aliphatic carbocycles. The molecule has 0 atom stereocenters.